The summed E-state index contributed by atoms with van der Waals surface area (Å²) < 4.78 is 8.05. The Hall–Kier alpha value is -1.97. The molecule has 3 heterocycles. The fourth-order valence-corrected chi connectivity index (χ4v) is 4.61. The van der Waals surface area contributed by atoms with Crippen LogP contribution in [0.15, 0.2) is 33.4 Å². The van der Waals surface area contributed by atoms with Crippen molar-refractivity contribution in [3.05, 3.63) is 40.4 Å². The number of aromatic nitrogens is 4. The van der Waals surface area contributed by atoms with Gasteiger partial charge < -0.3 is 10.1 Å². The molecule has 1 fully saturated rings. The third-order valence-electron chi connectivity index (χ3n) is 4.31. The van der Waals surface area contributed by atoms with E-state index in [0.717, 1.165) is 46.8 Å². The Bertz CT molecular complexity index is 965. The van der Waals surface area contributed by atoms with Gasteiger partial charge in [-0.15, -0.1) is 10.2 Å². The van der Waals surface area contributed by atoms with Crippen molar-refractivity contribution >= 4 is 39.1 Å². The van der Waals surface area contributed by atoms with Gasteiger partial charge in [-0.2, -0.15) is 0 Å². The maximum absolute atomic E-state index is 12.4. The fourth-order valence-electron chi connectivity index (χ4n) is 2.87. The van der Waals surface area contributed by atoms with Gasteiger partial charge in [0, 0.05) is 20.2 Å². The molecule has 2 aromatic heterocycles. The van der Waals surface area contributed by atoms with E-state index in [4.69, 9.17) is 4.74 Å². The van der Waals surface area contributed by atoms with Crippen LogP contribution in [0.1, 0.15) is 18.7 Å². The maximum atomic E-state index is 12.4. The lowest BCUT2D eigenvalue weighted by atomic mass is 10.2. The lowest BCUT2D eigenvalue weighted by Gasteiger charge is -2.08. The minimum Gasteiger partial charge on any atom is -0.376 e. The average Bonchev–Trinajstić information content (AvgIpc) is 3.33. The molecule has 1 N–H and O–H groups in total. The Balaban J connectivity index is 1.42. The van der Waals surface area contributed by atoms with E-state index in [-0.39, 0.29) is 11.7 Å². The van der Waals surface area contributed by atoms with Gasteiger partial charge in [-0.05, 0) is 25.0 Å². The lowest BCUT2D eigenvalue weighted by Crippen LogP contribution is -2.21. The first-order chi connectivity index (χ1) is 12.7. The normalized spacial score (nSPS) is 17.0. The van der Waals surface area contributed by atoms with Gasteiger partial charge in [0.1, 0.15) is 5.82 Å². The van der Waals surface area contributed by atoms with Crippen molar-refractivity contribution in [3.8, 4) is 0 Å². The highest BCUT2D eigenvalue weighted by molar-refractivity contribution is 8.00. The number of nitrogens with zero attached hydrogens (tertiary/aromatic N) is 4. The monoisotopic (exact) mass is 389 g/mol. The Labute approximate surface area is 158 Å². The second kappa shape index (κ2) is 7.73. The third-order valence-corrected chi connectivity index (χ3v) is 6.32. The van der Waals surface area contributed by atoms with Gasteiger partial charge in [-0.1, -0.05) is 35.2 Å². The predicted octanol–water partition coefficient (Wildman–Crippen LogP) is 2.67. The van der Waals surface area contributed by atoms with Crippen molar-refractivity contribution < 1.29 is 4.74 Å². The summed E-state index contributed by atoms with van der Waals surface area (Å²) in [4.78, 5) is 17.1. The topological polar surface area (TPSA) is 81.9 Å². The van der Waals surface area contributed by atoms with Crippen LogP contribution in [0.4, 0.5) is 5.13 Å². The standard InChI is InChI=1S/C17H19N5O2S2/c1-22-14(19-13-7-3-2-6-12(13)15(22)23)10-25-17-21-20-16(26-17)18-9-11-5-4-8-24-11/h2-3,6-7,11H,4-5,8-10H2,1H3,(H,18,20). The van der Waals surface area contributed by atoms with Crippen molar-refractivity contribution in [2.75, 3.05) is 18.5 Å². The predicted molar refractivity (Wildman–Crippen MR) is 104 cm³/mol. The molecule has 3 aromatic rings. The summed E-state index contributed by atoms with van der Waals surface area (Å²) in [6, 6.07) is 7.41. The molecule has 0 aliphatic carbocycles. The smallest absolute Gasteiger partial charge is 0.261 e. The van der Waals surface area contributed by atoms with Crippen LogP contribution in [0.25, 0.3) is 10.9 Å². The van der Waals surface area contributed by atoms with Gasteiger partial charge in [0.25, 0.3) is 5.56 Å². The number of para-hydroxylation sites is 1. The number of ether oxygens (including phenoxy) is 1. The largest absolute Gasteiger partial charge is 0.376 e. The minimum atomic E-state index is -0.0256. The zero-order valence-corrected chi connectivity index (χ0v) is 16.0. The highest BCUT2D eigenvalue weighted by Crippen LogP contribution is 2.28. The van der Waals surface area contributed by atoms with Gasteiger partial charge >= 0.3 is 0 Å². The molecule has 0 spiro atoms. The maximum Gasteiger partial charge on any atom is 0.261 e. The molecule has 1 atom stereocenters. The van der Waals surface area contributed by atoms with Gasteiger partial charge in [-0.25, -0.2) is 4.98 Å². The molecule has 9 heteroatoms. The molecule has 1 aliphatic rings. The van der Waals surface area contributed by atoms with Crippen LogP contribution in [-0.2, 0) is 17.5 Å². The van der Waals surface area contributed by atoms with Gasteiger partial charge in [0.15, 0.2) is 4.34 Å². The highest BCUT2D eigenvalue weighted by atomic mass is 32.2. The molecule has 0 saturated carbocycles. The average molecular weight is 390 g/mol. The Morgan fingerprint density at radius 3 is 3.12 bits per heavy atom. The molecular formula is C17H19N5O2S2. The van der Waals surface area contributed by atoms with Crippen molar-refractivity contribution in [2.24, 2.45) is 7.05 Å². The number of benzene rings is 1. The van der Waals surface area contributed by atoms with Crippen LogP contribution >= 0.6 is 23.1 Å². The first-order valence-electron chi connectivity index (χ1n) is 8.47. The van der Waals surface area contributed by atoms with Crippen LogP contribution in [0, 0.1) is 0 Å². The molecule has 1 aliphatic heterocycles. The summed E-state index contributed by atoms with van der Waals surface area (Å²) >= 11 is 3.04. The number of rotatable bonds is 6. The zero-order chi connectivity index (χ0) is 17.9. The van der Waals surface area contributed by atoms with E-state index >= 15 is 0 Å². The van der Waals surface area contributed by atoms with Crippen molar-refractivity contribution in [2.45, 2.75) is 29.0 Å². The summed E-state index contributed by atoms with van der Waals surface area (Å²) in [5.74, 6) is 1.29. The van der Waals surface area contributed by atoms with Crippen LogP contribution < -0.4 is 10.9 Å². The van der Waals surface area contributed by atoms with E-state index in [9.17, 15) is 4.79 Å². The minimum absolute atomic E-state index is 0.0256. The van der Waals surface area contributed by atoms with Crippen molar-refractivity contribution in [1.29, 1.82) is 0 Å². The summed E-state index contributed by atoms with van der Waals surface area (Å²) in [5, 5.41) is 13.1. The van der Waals surface area contributed by atoms with Gasteiger partial charge in [-0.3, -0.25) is 9.36 Å². The Morgan fingerprint density at radius 1 is 1.38 bits per heavy atom. The summed E-state index contributed by atoms with van der Waals surface area (Å²) in [6.45, 7) is 1.61. The van der Waals surface area contributed by atoms with Crippen LogP contribution in [0.3, 0.4) is 0 Å². The number of thioether (sulfide) groups is 1. The molecule has 0 radical (unpaired) electrons. The molecule has 0 amide bonds. The number of hydrogen-bond acceptors (Lipinski definition) is 8. The molecule has 7 nitrogen and oxygen atoms in total. The zero-order valence-electron chi connectivity index (χ0n) is 14.3. The second-order valence-corrected chi connectivity index (χ2v) is 8.29. The van der Waals surface area contributed by atoms with E-state index in [2.05, 4.69) is 20.5 Å². The Morgan fingerprint density at radius 2 is 2.27 bits per heavy atom. The molecular weight excluding hydrogens is 370 g/mol. The van der Waals surface area contributed by atoms with E-state index in [1.807, 2.05) is 18.2 Å². The van der Waals surface area contributed by atoms with Crippen molar-refractivity contribution in [1.82, 2.24) is 19.7 Å². The SMILES string of the molecule is Cn1c(CSc2nnc(NCC3CCCO3)s2)nc2ccccc2c1=O. The van der Waals surface area contributed by atoms with Gasteiger partial charge in [0.2, 0.25) is 5.13 Å². The first kappa shape index (κ1) is 17.4. The molecule has 0 bridgehead atoms. The molecule has 1 saturated heterocycles. The van der Waals surface area contributed by atoms with Crippen molar-refractivity contribution in [3.63, 3.8) is 0 Å². The fraction of sp³-hybridized carbons (Fsp3) is 0.412. The van der Waals surface area contributed by atoms with E-state index < -0.39 is 0 Å². The molecule has 136 valence electrons. The van der Waals surface area contributed by atoms with Crippen LogP contribution in [-0.4, -0.2) is 39.0 Å². The number of fused-ring (bicyclic) bond motifs is 1. The van der Waals surface area contributed by atoms with E-state index in [1.165, 1.54) is 23.1 Å². The molecule has 4 rings (SSSR count). The van der Waals surface area contributed by atoms with E-state index in [0.29, 0.717) is 11.1 Å². The summed E-state index contributed by atoms with van der Waals surface area (Å²) in [7, 11) is 1.76. The Kier molecular flexibility index (Phi) is 5.18. The third kappa shape index (κ3) is 3.74. The number of hydrogen-bond donors (Lipinski definition) is 1. The van der Waals surface area contributed by atoms with Crippen LogP contribution in [0.5, 0.6) is 0 Å². The molecule has 1 aromatic carbocycles. The second-order valence-electron chi connectivity index (χ2n) is 6.09. The van der Waals surface area contributed by atoms with Gasteiger partial charge in [0.05, 0.1) is 22.8 Å². The molecule has 26 heavy (non-hydrogen) atoms. The van der Waals surface area contributed by atoms with E-state index in [1.54, 1.807) is 17.7 Å². The quantitative estimate of drug-likeness (QED) is 0.649. The first-order valence-corrected chi connectivity index (χ1v) is 10.3. The van der Waals surface area contributed by atoms with Crippen LogP contribution in [0.2, 0.25) is 0 Å². The highest BCUT2D eigenvalue weighted by Gasteiger charge is 2.16. The number of anilines is 1. The summed E-state index contributed by atoms with van der Waals surface area (Å²) in [6.07, 6.45) is 2.49. The lowest BCUT2D eigenvalue weighted by molar-refractivity contribution is 0.120. The molecule has 1 unspecified atom stereocenters. The summed E-state index contributed by atoms with van der Waals surface area (Å²) in [5.41, 5.74) is 0.699. The number of nitrogens with one attached hydrogen (secondary N) is 1.